The SMILES string of the molecule is Cc1ccc(S(=O)[O-])c(C(N)=O)c1.O=C(O)c1c[nH]c2cccc(S(=O)[O-])c12. The molecule has 1 amide bonds. The number of rotatable bonds is 4. The first-order valence-electron chi connectivity index (χ1n) is 7.55. The van der Waals surface area contributed by atoms with E-state index < -0.39 is 34.0 Å². The lowest BCUT2D eigenvalue weighted by molar-refractivity contribution is 0.0698. The van der Waals surface area contributed by atoms with Crippen LogP contribution in [0.2, 0.25) is 0 Å². The van der Waals surface area contributed by atoms with Crippen molar-refractivity contribution in [1.29, 1.82) is 0 Å². The molecule has 3 aromatic rings. The van der Waals surface area contributed by atoms with Crippen LogP contribution < -0.4 is 5.73 Å². The molecular formula is C17H14N2O7S2-2. The van der Waals surface area contributed by atoms with E-state index in [1.54, 1.807) is 25.1 Å². The smallest absolute Gasteiger partial charge is 0.337 e. The molecule has 28 heavy (non-hydrogen) atoms. The molecule has 0 aliphatic rings. The maximum atomic E-state index is 10.9. The Bertz CT molecular complexity index is 1110. The van der Waals surface area contributed by atoms with E-state index in [1.165, 1.54) is 24.4 Å². The van der Waals surface area contributed by atoms with E-state index in [0.717, 1.165) is 5.56 Å². The monoisotopic (exact) mass is 422 g/mol. The fourth-order valence-corrected chi connectivity index (χ4v) is 3.54. The van der Waals surface area contributed by atoms with Crippen LogP contribution in [-0.2, 0) is 22.2 Å². The maximum absolute atomic E-state index is 10.9. The van der Waals surface area contributed by atoms with Crippen LogP contribution in [0.25, 0.3) is 10.9 Å². The van der Waals surface area contributed by atoms with Crippen molar-refractivity contribution >= 4 is 44.9 Å². The van der Waals surface area contributed by atoms with Gasteiger partial charge in [0.05, 0.1) is 11.1 Å². The predicted molar refractivity (Wildman–Crippen MR) is 99.3 cm³/mol. The maximum Gasteiger partial charge on any atom is 0.337 e. The van der Waals surface area contributed by atoms with Crippen molar-refractivity contribution < 1.29 is 32.2 Å². The zero-order valence-corrected chi connectivity index (χ0v) is 16.0. The Morgan fingerprint density at radius 3 is 2.21 bits per heavy atom. The van der Waals surface area contributed by atoms with E-state index in [9.17, 15) is 27.1 Å². The van der Waals surface area contributed by atoms with E-state index in [1.807, 2.05) is 0 Å². The number of carbonyl (C=O) groups excluding carboxylic acids is 1. The Balaban J connectivity index is 0.000000203. The molecule has 9 nitrogen and oxygen atoms in total. The molecule has 0 radical (unpaired) electrons. The molecular weight excluding hydrogens is 408 g/mol. The number of hydrogen-bond donors (Lipinski definition) is 3. The van der Waals surface area contributed by atoms with Crippen molar-refractivity contribution in [3.05, 3.63) is 59.3 Å². The van der Waals surface area contributed by atoms with Gasteiger partial charge in [-0.3, -0.25) is 13.2 Å². The number of hydrogen-bond acceptors (Lipinski definition) is 6. The molecule has 2 atom stereocenters. The number of aromatic carboxylic acids is 1. The highest BCUT2D eigenvalue weighted by atomic mass is 32.2. The zero-order chi connectivity index (χ0) is 21.0. The number of nitrogens with two attached hydrogens (primary N) is 1. The molecule has 0 spiro atoms. The Hall–Kier alpha value is -2.86. The first kappa shape index (κ1) is 21.4. The number of aromatic amines is 1. The van der Waals surface area contributed by atoms with Crippen LogP contribution in [0.1, 0.15) is 26.3 Å². The number of fused-ring (bicyclic) bond motifs is 1. The van der Waals surface area contributed by atoms with Gasteiger partial charge in [-0.25, -0.2) is 4.79 Å². The normalized spacial score (nSPS) is 12.7. The first-order chi connectivity index (χ1) is 13.1. The van der Waals surface area contributed by atoms with Crippen molar-refractivity contribution in [3.63, 3.8) is 0 Å². The summed E-state index contributed by atoms with van der Waals surface area (Å²) in [5, 5.41) is 9.08. The quantitative estimate of drug-likeness (QED) is 0.532. The largest absolute Gasteiger partial charge is 0.768 e. The molecule has 4 N–H and O–H groups in total. The summed E-state index contributed by atoms with van der Waals surface area (Å²) in [5.41, 5.74) is 6.30. The fraction of sp³-hybridized carbons (Fsp3) is 0.0588. The summed E-state index contributed by atoms with van der Waals surface area (Å²) >= 11 is -4.86. The van der Waals surface area contributed by atoms with Crippen molar-refractivity contribution in [2.45, 2.75) is 16.7 Å². The molecule has 0 aliphatic carbocycles. The van der Waals surface area contributed by atoms with E-state index in [4.69, 9.17) is 10.8 Å². The summed E-state index contributed by atoms with van der Waals surface area (Å²) in [5.74, 6) is -1.89. The number of carboxylic acids is 1. The molecule has 2 aromatic carbocycles. The Labute approximate surface area is 164 Å². The lowest BCUT2D eigenvalue weighted by Gasteiger charge is -2.09. The minimum absolute atomic E-state index is 0.00819. The molecule has 11 heteroatoms. The molecule has 1 heterocycles. The topological polar surface area (TPSA) is 176 Å². The van der Waals surface area contributed by atoms with E-state index >= 15 is 0 Å². The van der Waals surface area contributed by atoms with Gasteiger partial charge in [0.2, 0.25) is 5.91 Å². The van der Waals surface area contributed by atoms with Gasteiger partial charge in [-0.2, -0.15) is 0 Å². The molecule has 0 fully saturated rings. The van der Waals surface area contributed by atoms with Crippen LogP contribution in [-0.4, -0.2) is 39.5 Å². The van der Waals surface area contributed by atoms with Gasteiger partial charge < -0.3 is 24.9 Å². The summed E-state index contributed by atoms with van der Waals surface area (Å²) in [6.45, 7) is 1.75. The number of aryl methyl sites for hydroxylation is 1. The Morgan fingerprint density at radius 1 is 1.04 bits per heavy atom. The summed E-state index contributed by atoms with van der Waals surface area (Å²) in [4.78, 5) is 24.3. The van der Waals surface area contributed by atoms with Crippen LogP contribution in [0.4, 0.5) is 0 Å². The fourth-order valence-electron chi connectivity index (χ4n) is 2.44. The third-order valence-corrected chi connectivity index (χ3v) is 5.07. The summed E-state index contributed by atoms with van der Waals surface area (Å²) in [6.07, 6.45) is 1.28. The van der Waals surface area contributed by atoms with Crippen molar-refractivity contribution in [1.82, 2.24) is 4.98 Å². The first-order valence-corrected chi connectivity index (χ1v) is 9.70. The minimum Gasteiger partial charge on any atom is -0.768 e. The average Bonchev–Trinajstić information content (AvgIpc) is 3.06. The van der Waals surface area contributed by atoms with E-state index in [-0.39, 0.29) is 26.3 Å². The van der Waals surface area contributed by atoms with E-state index in [0.29, 0.717) is 5.52 Å². The third kappa shape index (κ3) is 4.70. The molecule has 0 saturated heterocycles. The lowest BCUT2D eigenvalue weighted by atomic mass is 10.1. The molecule has 1 aromatic heterocycles. The Kier molecular flexibility index (Phi) is 6.80. The molecule has 0 aliphatic heterocycles. The Morgan fingerprint density at radius 2 is 1.68 bits per heavy atom. The second-order valence-corrected chi connectivity index (χ2v) is 7.34. The van der Waals surface area contributed by atoms with Crippen LogP contribution in [0.3, 0.4) is 0 Å². The van der Waals surface area contributed by atoms with Gasteiger partial charge in [-0.15, -0.1) is 0 Å². The highest BCUT2D eigenvalue weighted by molar-refractivity contribution is 7.79. The van der Waals surface area contributed by atoms with Gasteiger partial charge in [0.25, 0.3) is 0 Å². The van der Waals surface area contributed by atoms with Crippen LogP contribution in [0.5, 0.6) is 0 Å². The van der Waals surface area contributed by atoms with Gasteiger partial charge in [-0.1, -0.05) is 17.7 Å². The van der Waals surface area contributed by atoms with Crippen LogP contribution >= 0.6 is 0 Å². The summed E-state index contributed by atoms with van der Waals surface area (Å²) in [6, 6.07) is 8.96. The highest BCUT2D eigenvalue weighted by Gasteiger charge is 2.14. The molecule has 3 rings (SSSR count). The van der Waals surface area contributed by atoms with Crippen LogP contribution in [0.15, 0.2) is 52.4 Å². The van der Waals surface area contributed by atoms with E-state index in [2.05, 4.69) is 4.98 Å². The number of primary amides is 1. The van der Waals surface area contributed by atoms with Crippen molar-refractivity contribution in [3.8, 4) is 0 Å². The average molecular weight is 422 g/mol. The number of aromatic nitrogens is 1. The summed E-state index contributed by atoms with van der Waals surface area (Å²) < 4.78 is 43.0. The predicted octanol–water partition coefficient (Wildman–Crippen LogP) is 1.44. The number of nitrogens with one attached hydrogen (secondary N) is 1. The van der Waals surface area contributed by atoms with Gasteiger partial charge in [0, 0.05) is 26.9 Å². The third-order valence-electron chi connectivity index (χ3n) is 3.66. The van der Waals surface area contributed by atoms with Gasteiger partial charge >= 0.3 is 5.97 Å². The van der Waals surface area contributed by atoms with Gasteiger partial charge in [0.15, 0.2) is 0 Å². The lowest BCUT2D eigenvalue weighted by Crippen LogP contribution is -2.14. The zero-order valence-electron chi connectivity index (χ0n) is 14.3. The molecule has 0 bridgehead atoms. The number of benzene rings is 2. The summed E-state index contributed by atoms with van der Waals surface area (Å²) in [7, 11) is 0. The minimum atomic E-state index is -2.44. The second-order valence-electron chi connectivity index (χ2n) is 5.52. The number of carboxylic acid groups (broad SMARTS) is 1. The standard InChI is InChI=1S/C9H7NO4S.C8H9NO3S/c11-9(12)5-4-10-6-2-1-3-7(8(5)6)15(13)14;1-5-2-3-7(13(11)12)6(4-5)8(9)10/h1-4,10H,(H,11,12)(H,13,14);2-4H,1H3,(H2,9,10)(H,11,12)/p-2. The molecule has 0 saturated carbocycles. The number of H-pyrrole nitrogens is 1. The number of carbonyl (C=O) groups is 2. The van der Waals surface area contributed by atoms with Crippen molar-refractivity contribution in [2.24, 2.45) is 5.73 Å². The van der Waals surface area contributed by atoms with Crippen LogP contribution in [0, 0.1) is 6.92 Å². The second kappa shape index (κ2) is 8.89. The van der Waals surface area contributed by atoms with Crippen molar-refractivity contribution in [2.75, 3.05) is 0 Å². The molecule has 148 valence electrons. The molecule has 2 unspecified atom stereocenters. The number of amides is 1. The van der Waals surface area contributed by atoms with Gasteiger partial charge in [0.1, 0.15) is 0 Å². The van der Waals surface area contributed by atoms with Gasteiger partial charge in [-0.05, 0) is 53.4 Å². The highest BCUT2D eigenvalue weighted by Crippen LogP contribution is 2.24.